The van der Waals surface area contributed by atoms with Gasteiger partial charge in [-0.2, -0.15) is 0 Å². The zero-order chi connectivity index (χ0) is 10.0. The molecule has 0 saturated carbocycles. The van der Waals surface area contributed by atoms with Crippen LogP contribution in [0.5, 0.6) is 0 Å². The summed E-state index contributed by atoms with van der Waals surface area (Å²) < 4.78 is 0. The molecule has 0 heterocycles. The van der Waals surface area contributed by atoms with E-state index < -0.39 is 12.0 Å². The van der Waals surface area contributed by atoms with Gasteiger partial charge in [-0.1, -0.05) is 12.1 Å². The molecule has 13 heavy (non-hydrogen) atoms. The van der Waals surface area contributed by atoms with Gasteiger partial charge in [-0.25, -0.2) is 0 Å². The van der Waals surface area contributed by atoms with Crippen molar-refractivity contribution in [3.63, 3.8) is 0 Å². The fraction of sp³-hybridized carbons (Fsp3) is 0.222. The number of rotatable bonds is 2. The largest absolute Gasteiger partial charge is 0.480 e. The lowest BCUT2D eigenvalue weighted by Crippen LogP contribution is -2.20. The van der Waals surface area contributed by atoms with Crippen molar-refractivity contribution in [1.29, 1.82) is 0 Å². The molecule has 0 bridgehead atoms. The Bertz CT molecular complexity index is 336. The first-order chi connectivity index (χ1) is 6.02. The van der Waals surface area contributed by atoms with Crippen LogP contribution >= 0.6 is 0 Å². The Labute approximate surface area is 76.2 Å². The Morgan fingerprint density at radius 2 is 2.15 bits per heavy atom. The van der Waals surface area contributed by atoms with Crippen LogP contribution in [0.1, 0.15) is 17.2 Å². The standard InChI is InChI=1S/C9H12N2O2/c1-5-2-3-6(4-7(5)10)8(11)9(12)13/h2-4,8H,10-11H2,1H3,(H,12,13). The van der Waals surface area contributed by atoms with Gasteiger partial charge in [0.25, 0.3) is 0 Å². The number of hydrogen-bond donors (Lipinski definition) is 3. The van der Waals surface area contributed by atoms with E-state index in [1.54, 1.807) is 18.2 Å². The smallest absolute Gasteiger partial charge is 0.325 e. The quantitative estimate of drug-likeness (QED) is 0.583. The minimum Gasteiger partial charge on any atom is -0.480 e. The highest BCUT2D eigenvalue weighted by Crippen LogP contribution is 2.17. The topological polar surface area (TPSA) is 89.3 Å². The summed E-state index contributed by atoms with van der Waals surface area (Å²) >= 11 is 0. The van der Waals surface area contributed by atoms with E-state index in [0.717, 1.165) is 5.56 Å². The van der Waals surface area contributed by atoms with E-state index in [-0.39, 0.29) is 0 Å². The van der Waals surface area contributed by atoms with E-state index in [1.807, 2.05) is 6.92 Å². The molecular weight excluding hydrogens is 168 g/mol. The molecular formula is C9H12N2O2. The Hall–Kier alpha value is -1.55. The summed E-state index contributed by atoms with van der Waals surface area (Å²) in [7, 11) is 0. The average Bonchev–Trinajstić information content (AvgIpc) is 2.08. The van der Waals surface area contributed by atoms with Gasteiger partial charge in [-0.3, -0.25) is 4.79 Å². The van der Waals surface area contributed by atoms with Gasteiger partial charge >= 0.3 is 5.97 Å². The van der Waals surface area contributed by atoms with Crippen molar-refractivity contribution in [2.45, 2.75) is 13.0 Å². The van der Waals surface area contributed by atoms with Crippen molar-refractivity contribution >= 4 is 11.7 Å². The summed E-state index contributed by atoms with van der Waals surface area (Å²) in [4.78, 5) is 10.5. The number of benzene rings is 1. The first-order valence-corrected chi connectivity index (χ1v) is 3.87. The summed E-state index contributed by atoms with van der Waals surface area (Å²) in [6, 6.07) is 4.02. The molecule has 0 fully saturated rings. The van der Waals surface area contributed by atoms with E-state index in [0.29, 0.717) is 11.3 Å². The van der Waals surface area contributed by atoms with Gasteiger partial charge in [-0.05, 0) is 24.1 Å². The second kappa shape index (κ2) is 3.45. The second-order valence-electron chi connectivity index (χ2n) is 2.93. The number of carbonyl (C=O) groups is 1. The van der Waals surface area contributed by atoms with E-state index in [2.05, 4.69) is 0 Å². The van der Waals surface area contributed by atoms with Crippen molar-refractivity contribution in [2.24, 2.45) is 5.73 Å². The van der Waals surface area contributed by atoms with Crippen LogP contribution in [0.2, 0.25) is 0 Å². The number of carboxylic acids is 1. The molecule has 1 rings (SSSR count). The number of aryl methyl sites for hydroxylation is 1. The number of carboxylic acid groups (broad SMARTS) is 1. The maximum absolute atomic E-state index is 10.5. The molecule has 0 aliphatic carbocycles. The molecule has 1 atom stereocenters. The highest BCUT2D eigenvalue weighted by molar-refractivity contribution is 5.75. The molecule has 5 N–H and O–H groups in total. The lowest BCUT2D eigenvalue weighted by atomic mass is 10.0. The molecule has 1 aromatic carbocycles. The predicted molar refractivity (Wildman–Crippen MR) is 50.2 cm³/mol. The molecule has 0 saturated heterocycles. The number of nitrogens with two attached hydrogens (primary N) is 2. The van der Waals surface area contributed by atoms with Gasteiger partial charge in [0.15, 0.2) is 0 Å². The SMILES string of the molecule is Cc1ccc(C(N)C(=O)O)cc1N. The summed E-state index contributed by atoms with van der Waals surface area (Å²) in [6.45, 7) is 1.85. The van der Waals surface area contributed by atoms with Gasteiger partial charge < -0.3 is 16.6 Å². The van der Waals surface area contributed by atoms with Gasteiger partial charge in [-0.15, -0.1) is 0 Å². The van der Waals surface area contributed by atoms with Crippen LogP contribution < -0.4 is 11.5 Å². The molecule has 1 aromatic rings. The average molecular weight is 180 g/mol. The molecule has 70 valence electrons. The normalized spacial score (nSPS) is 12.5. The molecule has 4 nitrogen and oxygen atoms in total. The van der Waals surface area contributed by atoms with Crippen molar-refractivity contribution in [3.8, 4) is 0 Å². The Kier molecular flexibility index (Phi) is 2.53. The molecule has 4 heteroatoms. The Balaban J connectivity index is 3.03. The van der Waals surface area contributed by atoms with Crippen molar-refractivity contribution in [2.75, 3.05) is 5.73 Å². The van der Waals surface area contributed by atoms with Gasteiger partial charge in [0.1, 0.15) is 6.04 Å². The van der Waals surface area contributed by atoms with Gasteiger partial charge in [0.05, 0.1) is 0 Å². The third kappa shape index (κ3) is 1.97. The van der Waals surface area contributed by atoms with Crippen molar-refractivity contribution in [1.82, 2.24) is 0 Å². The first kappa shape index (κ1) is 9.54. The molecule has 0 amide bonds. The van der Waals surface area contributed by atoms with Gasteiger partial charge in [0.2, 0.25) is 0 Å². The van der Waals surface area contributed by atoms with Crippen LogP contribution in [0.4, 0.5) is 5.69 Å². The minimum atomic E-state index is -1.05. The van der Waals surface area contributed by atoms with E-state index >= 15 is 0 Å². The number of hydrogen-bond acceptors (Lipinski definition) is 3. The lowest BCUT2D eigenvalue weighted by Gasteiger charge is -2.08. The van der Waals surface area contributed by atoms with Crippen LogP contribution in [0.25, 0.3) is 0 Å². The third-order valence-electron chi connectivity index (χ3n) is 1.93. The van der Waals surface area contributed by atoms with Gasteiger partial charge in [0, 0.05) is 5.69 Å². The second-order valence-corrected chi connectivity index (χ2v) is 2.93. The lowest BCUT2D eigenvalue weighted by molar-refractivity contribution is -0.138. The number of anilines is 1. The highest BCUT2D eigenvalue weighted by Gasteiger charge is 2.14. The van der Waals surface area contributed by atoms with Crippen molar-refractivity contribution in [3.05, 3.63) is 29.3 Å². The molecule has 0 radical (unpaired) electrons. The summed E-state index contributed by atoms with van der Waals surface area (Å²) in [5.41, 5.74) is 13.0. The van der Waals surface area contributed by atoms with Crippen LogP contribution in [-0.2, 0) is 4.79 Å². The maximum atomic E-state index is 10.5. The van der Waals surface area contributed by atoms with Crippen molar-refractivity contribution < 1.29 is 9.90 Å². The minimum absolute atomic E-state index is 0.524. The fourth-order valence-corrected chi connectivity index (χ4v) is 0.995. The summed E-state index contributed by atoms with van der Waals surface area (Å²) in [6.07, 6.45) is 0. The monoisotopic (exact) mass is 180 g/mol. The number of aliphatic carboxylic acids is 1. The van der Waals surface area contributed by atoms with E-state index in [1.165, 1.54) is 0 Å². The first-order valence-electron chi connectivity index (χ1n) is 3.87. The molecule has 1 unspecified atom stereocenters. The highest BCUT2D eigenvalue weighted by atomic mass is 16.4. The zero-order valence-corrected chi connectivity index (χ0v) is 7.32. The predicted octanol–water partition coefficient (Wildman–Crippen LogP) is 0.662. The summed E-state index contributed by atoms with van der Waals surface area (Å²) in [5, 5.41) is 8.63. The summed E-state index contributed by atoms with van der Waals surface area (Å²) in [5.74, 6) is -1.05. The maximum Gasteiger partial charge on any atom is 0.325 e. The van der Waals surface area contributed by atoms with E-state index in [4.69, 9.17) is 16.6 Å². The number of nitrogen functional groups attached to an aromatic ring is 1. The third-order valence-corrected chi connectivity index (χ3v) is 1.93. The van der Waals surface area contributed by atoms with Crippen LogP contribution in [0.3, 0.4) is 0 Å². The zero-order valence-electron chi connectivity index (χ0n) is 7.32. The Morgan fingerprint density at radius 1 is 1.54 bits per heavy atom. The fourth-order valence-electron chi connectivity index (χ4n) is 0.995. The van der Waals surface area contributed by atoms with E-state index in [9.17, 15) is 4.79 Å². The van der Waals surface area contributed by atoms with Crippen LogP contribution in [0.15, 0.2) is 18.2 Å². The Morgan fingerprint density at radius 3 is 2.62 bits per heavy atom. The van der Waals surface area contributed by atoms with Crippen LogP contribution in [-0.4, -0.2) is 11.1 Å². The van der Waals surface area contributed by atoms with Crippen LogP contribution in [0, 0.1) is 6.92 Å². The molecule has 0 aliphatic heterocycles. The molecule has 0 aliphatic rings. The molecule has 0 aromatic heterocycles. The molecule has 0 spiro atoms.